The number of aromatic nitrogens is 2. The van der Waals surface area contributed by atoms with Crippen LogP contribution in [0.4, 0.5) is 15.9 Å². The van der Waals surface area contributed by atoms with Gasteiger partial charge < -0.3 is 19.4 Å². The third-order valence-corrected chi connectivity index (χ3v) is 7.29. The lowest BCUT2D eigenvalue weighted by Crippen LogP contribution is -2.55. The maximum atomic E-state index is 13.6. The van der Waals surface area contributed by atoms with E-state index in [1.165, 1.54) is 12.0 Å². The van der Waals surface area contributed by atoms with Crippen molar-refractivity contribution in [3.05, 3.63) is 65.1 Å². The van der Waals surface area contributed by atoms with Gasteiger partial charge in [0.15, 0.2) is 5.83 Å². The molecule has 2 aliphatic heterocycles. The molecule has 1 unspecified atom stereocenters. The van der Waals surface area contributed by atoms with Crippen LogP contribution in [0.2, 0.25) is 5.02 Å². The Kier molecular flexibility index (Phi) is 6.85. The highest BCUT2D eigenvalue weighted by atomic mass is 35.5. The molecule has 0 radical (unpaired) electrons. The van der Waals surface area contributed by atoms with Gasteiger partial charge in [-0.25, -0.2) is 4.39 Å². The Morgan fingerprint density at radius 1 is 1.22 bits per heavy atom. The fourth-order valence-electron chi connectivity index (χ4n) is 5.24. The van der Waals surface area contributed by atoms with Crippen molar-refractivity contribution in [3.8, 4) is 12.1 Å². The summed E-state index contributed by atoms with van der Waals surface area (Å²) in [4.78, 5) is 27.3. The first kappa shape index (κ1) is 24.8. The number of nitriles is 1. The Balaban J connectivity index is 1.48. The summed E-state index contributed by atoms with van der Waals surface area (Å²) in [5.41, 5.74) is 2.90. The van der Waals surface area contributed by atoms with Gasteiger partial charge in [0.2, 0.25) is 0 Å². The van der Waals surface area contributed by atoms with Crippen molar-refractivity contribution in [1.82, 2.24) is 14.9 Å². The Morgan fingerprint density at radius 2 is 2.00 bits per heavy atom. The number of piperazine rings is 1. The van der Waals surface area contributed by atoms with Crippen LogP contribution in [0.5, 0.6) is 6.01 Å². The molecule has 10 heteroatoms. The van der Waals surface area contributed by atoms with E-state index < -0.39 is 17.8 Å². The van der Waals surface area contributed by atoms with Gasteiger partial charge >= 0.3 is 6.01 Å². The minimum Gasteiger partial charge on any atom is -0.467 e. The van der Waals surface area contributed by atoms with Crippen LogP contribution in [-0.2, 0) is 17.8 Å². The highest BCUT2D eigenvalue weighted by Crippen LogP contribution is 2.37. The maximum Gasteiger partial charge on any atom is 0.318 e. The van der Waals surface area contributed by atoms with Crippen molar-refractivity contribution in [1.29, 1.82) is 5.26 Å². The summed E-state index contributed by atoms with van der Waals surface area (Å²) >= 11 is 6.59. The second-order valence-corrected chi connectivity index (χ2v) is 9.52. The number of hydrogen-bond donors (Lipinski definition) is 0. The number of carbonyl (C=O) groups is 1. The zero-order valence-corrected chi connectivity index (χ0v) is 21.2. The molecule has 0 aliphatic carbocycles. The average Bonchev–Trinajstić information content (AvgIpc) is 2.91. The molecule has 5 rings (SSSR count). The maximum absolute atomic E-state index is 13.6. The van der Waals surface area contributed by atoms with Gasteiger partial charge in [-0.15, -0.1) is 0 Å². The molecule has 0 saturated carbocycles. The van der Waals surface area contributed by atoms with Gasteiger partial charge in [-0.1, -0.05) is 42.4 Å². The second-order valence-electron chi connectivity index (χ2n) is 9.11. The number of rotatable bonds is 5. The Labute approximate surface area is 219 Å². The van der Waals surface area contributed by atoms with E-state index in [4.69, 9.17) is 16.3 Å². The molecule has 3 heterocycles. The number of hydrogen-bond acceptors (Lipinski definition) is 7. The lowest BCUT2D eigenvalue weighted by molar-refractivity contribution is -0.131. The van der Waals surface area contributed by atoms with E-state index in [0.717, 1.165) is 40.1 Å². The largest absolute Gasteiger partial charge is 0.467 e. The van der Waals surface area contributed by atoms with Crippen molar-refractivity contribution in [3.63, 3.8) is 0 Å². The molecule has 0 bridgehead atoms. The van der Waals surface area contributed by atoms with Crippen LogP contribution in [0.1, 0.15) is 17.7 Å². The molecule has 1 fully saturated rings. The van der Waals surface area contributed by atoms with Gasteiger partial charge in [0.25, 0.3) is 5.91 Å². The topological polar surface area (TPSA) is 85.6 Å². The quantitative estimate of drug-likeness (QED) is 0.464. The van der Waals surface area contributed by atoms with Crippen molar-refractivity contribution in [2.75, 3.05) is 43.1 Å². The fraction of sp³-hybridized carbons (Fsp3) is 0.333. The third-order valence-electron chi connectivity index (χ3n) is 6.98. The molecule has 1 saturated heterocycles. The minimum atomic E-state index is -1.02. The van der Waals surface area contributed by atoms with Crippen LogP contribution in [0.25, 0.3) is 10.8 Å². The van der Waals surface area contributed by atoms with E-state index in [1.54, 1.807) is 0 Å². The van der Waals surface area contributed by atoms with Gasteiger partial charge in [0.1, 0.15) is 5.82 Å². The lowest BCUT2D eigenvalue weighted by atomic mass is 10.0. The second kappa shape index (κ2) is 10.2. The van der Waals surface area contributed by atoms with Crippen molar-refractivity contribution in [2.45, 2.75) is 25.4 Å². The van der Waals surface area contributed by atoms with Crippen molar-refractivity contribution < 1.29 is 13.9 Å². The molecule has 8 nitrogen and oxygen atoms in total. The molecule has 1 amide bonds. The van der Waals surface area contributed by atoms with Crippen molar-refractivity contribution >= 4 is 39.8 Å². The number of anilines is 2. The van der Waals surface area contributed by atoms with E-state index in [0.29, 0.717) is 31.1 Å². The summed E-state index contributed by atoms with van der Waals surface area (Å²) in [7, 11) is 1.53. The van der Waals surface area contributed by atoms with Crippen LogP contribution >= 0.6 is 11.6 Å². The number of nitrogens with zero attached hydrogens (tertiary/aromatic N) is 6. The number of ether oxygens (including phenoxy) is 1. The molecule has 190 valence electrons. The Morgan fingerprint density at radius 3 is 2.73 bits per heavy atom. The highest BCUT2D eigenvalue weighted by molar-refractivity contribution is 6.36. The number of amides is 1. The molecular formula is C27H26ClFN6O2. The number of benzene rings is 2. The van der Waals surface area contributed by atoms with Gasteiger partial charge in [-0.3, -0.25) is 4.79 Å². The van der Waals surface area contributed by atoms with Crippen LogP contribution in [-0.4, -0.2) is 60.1 Å². The minimum absolute atomic E-state index is 0.0789. The summed E-state index contributed by atoms with van der Waals surface area (Å²) in [6.07, 6.45) is 0.772. The Hall–Kier alpha value is -3.90. The summed E-state index contributed by atoms with van der Waals surface area (Å²) in [5, 5.41) is 12.1. The smallest absolute Gasteiger partial charge is 0.318 e. The molecular weight excluding hydrogens is 495 g/mol. The van der Waals surface area contributed by atoms with Crippen LogP contribution in [0.15, 0.2) is 48.8 Å². The number of methoxy groups -OCH3 is 1. The molecule has 1 atom stereocenters. The summed E-state index contributed by atoms with van der Waals surface area (Å²) in [6.45, 7) is 5.47. The first-order valence-corrected chi connectivity index (χ1v) is 12.4. The first-order chi connectivity index (χ1) is 17.9. The molecule has 3 aromatic rings. The molecule has 0 N–H and O–H groups in total. The third kappa shape index (κ3) is 4.65. The SMILES string of the molecule is C=C(F)C(=O)N1CCN(c2nc(OC)nc3c2CCN(c2cccc4cccc(Cl)c24)C3)CC1CC#N. The normalized spacial score (nSPS) is 17.4. The van der Waals surface area contributed by atoms with E-state index in [1.807, 2.05) is 35.2 Å². The van der Waals surface area contributed by atoms with E-state index >= 15 is 0 Å². The van der Waals surface area contributed by atoms with E-state index in [2.05, 4.69) is 33.6 Å². The molecule has 2 aromatic carbocycles. The van der Waals surface area contributed by atoms with Gasteiger partial charge in [0, 0.05) is 42.8 Å². The monoisotopic (exact) mass is 520 g/mol. The van der Waals surface area contributed by atoms with E-state index in [9.17, 15) is 14.4 Å². The summed E-state index contributed by atoms with van der Waals surface area (Å²) in [6, 6.07) is 13.9. The standard InChI is InChI=1S/C27H26ClFN6O2/c1-17(29)26(36)35-14-13-34(15-19(35)9-11-30)25-20-10-12-33(16-22(20)31-27(32-25)37-2)23-8-4-6-18-5-3-7-21(28)24(18)23/h3-8,19H,1,9-10,12-16H2,2H3. The van der Waals surface area contributed by atoms with Crippen LogP contribution in [0.3, 0.4) is 0 Å². The van der Waals surface area contributed by atoms with Crippen LogP contribution in [0, 0.1) is 11.3 Å². The first-order valence-electron chi connectivity index (χ1n) is 12.0. The van der Waals surface area contributed by atoms with Gasteiger partial charge in [-0.05, 0) is 23.9 Å². The zero-order valence-electron chi connectivity index (χ0n) is 20.5. The van der Waals surface area contributed by atoms with E-state index in [-0.39, 0.29) is 19.0 Å². The zero-order chi connectivity index (χ0) is 26.1. The molecule has 1 aromatic heterocycles. The number of halogens is 2. The summed E-state index contributed by atoms with van der Waals surface area (Å²) < 4.78 is 19.0. The van der Waals surface area contributed by atoms with Crippen molar-refractivity contribution in [2.24, 2.45) is 0 Å². The molecule has 2 aliphatic rings. The van der Waals surface area contributed by atoms with Gasteiger partial charge in [0.05, 0.1) is 42.9 Å². The fourth-order valence-corrected chi connectivity index (χ4v) is 5.52. The number of carbonyl (C=O) groups excluding carboxylic acids is 1. The lowest BCUT2D eigenvalue weighted by Gasteiger charge is -2.42. The van der Waals surface area contributed by atoms with Crippen LogP contribution < -0.4 is 14.5 Å². The predicted octanol–water partition coefficient (Wildman–Crippen LogP) is 4.27. The molecule has 37 heavy (non-hydrogen) atoms. The van der Waals surface area contributed by atoms with Gasteiger partial charge in [-0.2, -0.15) is 15.2 Å². The Bertz CT molecular complexity index is 1420. The predicted molar refractivity (Wildman–Crippen MR) is 140 cm³/mol. The average molecular weight is 521 g/mol. The summed E-state index contributed by atoms with van der Waals surface area (Å²) in [5.74, 6) is -1.07. The molecule has 0 spiro atoms. The number of fused-ring (bicyclic) bond motifs is 2. The highest BCUT2D eigenvalue weighted by Gasteiger charge is 2.34.